The van der Waals surface area contributed by atoms with Crippen molar-refractivity contribution >= 4 is 11.8 Å². The van der Waals surface area contributed by atoms with Crippen LogP contribution in [0.15, 0.2) is 66.7 Å². The van der Waals surface area contributed by atoms with E-state index in [1.807, 2.05) is 53.4 Å². The van der Waals surface area contributed by atoms with Crippen LogP contribution in [0.1, 0.15) is 51.5 Å². The first-order valence-corrected chi connectivity index (χ1v) is 16.1. The predicted molar refractivity (Wildman–Crippen MR) is 182 cm³/mol. The highest BCUT2D eigenvalue weighted by Crippen LogP contribution is 2.42. The van der Waals surface area contributed by atoms with Crippen molar-refractivity contribution in [2.24, 2.45) is 0 Å². The van der Waals surface area contributed by atoms with Crippen LogP contribution in [-0.2, 0) is 17.6 Å². The minimum atomic E-state index is -0.410. The maximum atomic E-state index is 14.1. The smallest absolute Gasteiger partial charge is 0.255 e. The van der Waals surface area contributed by atoms with E-state index in [-0.39, 0.29) is 23.6 Å². The Hall–Kier alpha value is -5.58. The van der Waals surface area contributed by atoms with Crippen molar-refractivity contribution in [3.8, 4) is 46.0 Å². The Kier molecular flexibility index (Phi) is 9.98. The van der Waals surface area contributed by atoms with Crippen molar-refractivity contribution in [2.75, 3.05) is 48.1 Å². The summed E-state index contributed by atoms with van der Waals surface area (Å²) in [6, 6.07) is 19.5. The zero-order chi connectivity index (χ0) is 34.5. The number of carbonyl (C=O) groups excluding carboxylic acids is 2. The molecule has 0 radical (unpaired) electrons. The third-order valence-corrected chi connectivity index (χ3v) is 8.83. The number of amides is 2. The van der Waals surface area contributed by atoms with Crippen LogP contribution in [0.25, 0.3) is 0 Å². The lowest BCUT2D eigenvalue weighted by atomic mass is 9.87. The van der Waals surface area contributed by atoms with Crippen molar-refractivity contribution in [1.29, 1.82) is 0 Å². The van der Waals surface area contributed by atoms with Crippen molar-refractivity contribution in [3.05, 3.63) is 94.5 Å². The lowest BCUT2D eigenvalue weighted by molar-refractivity contribution is -0.133. The number of nitrogens with zero attached hydrogens (tertiary/aromatic N) is 1. The molecule has 256 valence electrons. The van der Waals surface area contributed by atoms with Gasteiger partial charge in [0, 0.05) is 19.5 Å². The van der Waals surface area contributed by atoms with E-state index in [2.05, 4.69) is 5.32 Å². The highest BCUT2D eigenvalue weighted by Gasteiger charge is 2.33. The standard InChI is InChI=1S/C38H40N2O9/c1-44-31-12-7-25-21-32(31)48-17-5-15-39-38(43)29-22-27(9-11-30(29)41)49-26-8-10-28-24(20-26)14-16-40(36(25)28)35(42)13-6-23-18-33(45-2)37(47-4)34(19-23)46-3/h7-12,18-22,36,41H,5-6,13-17H2,1-4H3,(H,39,43). The third-order valence-electron chi connectivity index (χ3n) is 8.83. The molecule has 8 bridgehead atoms. The molecule has 0 saturated carbocycles. The summed E-state index contributed by atoms with van der Waals surface area (Å²) < 4.78 is 34.5. The molecule has 3 aliphatic rings. The number of phenolic OH excluding ortho intramolecular Hbond substituents is 1. The number of ether oxygens (including phenoxy) is 6. The Labute approximate surface area is 285 Å². The molecule has 1 unspecified atom stereocenters. The average molecular weight is 669 g/mol. The number of phenols is 1. The van der Waals surface area contributed by atoms with Crippen molar-refractivity contribution < 1.29 is 43.1 Å². The molecule has 2 N–H and O–H groups in total. The number of benzene rings is 4. The van der Waals surface area contributed by atoms with Crippen LogP contribution in [-0.4, -0.2) is 70.0 Å². The molecule has 0 fully saturated rings. The summed E-state index contributed by atoms with van der Waals surface area (Å²) in [4.78, 5) is 28.9. The monoisotopic (exact) mass is 668 g/mol. The van der Waals surface area contributed by atoms with E-state index >= 15 is 0 Å². The number of aryl methyl sites for hydroxylation is 1. The van der Waals surface area contributed by atoms with Gasteiger partial charge >= 0.3 is 0 Å². The van der Waals surface area contributed by atoms with Crippen LogP contribution in [0.5, 0.6) is 46.0 Å². The van der Waals surface area contributed by atoms with Crippen LogP contribution < -0.4 is 33.7 Å². The summed E-state index contributed by atoms with van der Waals surface area (Å²) in [6.45, 7) is 1.12. The molecular weight excluding hydrogens is 628 g/mol. The highest BCUT2D eigenvalue weighted by atomic mass is 16.5. The molecule has 3 heterocycles. The Morgan fingerprint density at radius 2 is 1.63 bits per heavy atom. The first-order valence-electron chi connectivity index (χ1n) is 16.1. The second-order valence-electron chi connectivity index (χ2n) is 11.8. The zero-order valence-corrected chi connectivity index (χ0v) is 28.0. The third kappa shape index (κ3) is 7.01. The van der Waals surface area contributed by atoms with E-state index in [9.17, 15) is 14.7 Å². The molecule has 4 aromatic rings. The molecule has 2 amide bonds. The lowest BCUT2D eigenvalue weighted by Crippen LogP contribution is -2.40. The number of carbonyl (C=O) groups is 2. The van der Waals surface area contributed by atoms with Gasteiger partial charge < -0.3 is 43.7 Å². The van der Waals surface area contributed by atoms with Crippen molar-refractivity contribution in [3.63, 3.8) is 0 Å². The molecular formula is C38H40N2O9. The summed E-state index contributed by atoms with van der Waals surface area (Å²) >= 11 is 0. The summed E-state index contributed by atoms with van der Waals surface area (Å²) in [5.41, 5.74) is 3.90. The normalized spacial score (nSPS) is 15.6. The van der Waals surface area contributed by atoms with E-state index < -0.39 is 11.9 Å². The SMILES string of the molecule is COc1ccc2cc1OCCCNC(=O)c1cc(ccc1O)Oc1ccc3c(c1)CCN(C(=O)CCc1cc(OC)c(OC)c(OC)c1)C23. The lowest BCUT2D eigenvalue weighted by Gasteiger charge is -2.38. The summed E-state index contributed by atoms with van der Waals surface area (Å²) in [5, 5.41) is 13.2. The minimum absolute atomic E-state index is 0.00230. The topological polar surface area (TPSA) is 125 Å². The van der Waals surface area contributed by atoms with Crippen LogP contribution in [0.4, 0.5) is 0 Å². The van der Waals surface area contributed by atoms with E-state index in [1.165, 1.54) is 12.1 Å². The van der Waals surface area contributed by atoms with Gasteiger partial charge in [-0.05, 0) is 96.1 Å². The Balaban J connectivity index is 1.36. The van der Waals surface area contributed by atoms with Crippen molar-refractivity contribution in [2.45, 2.75) is 31.7 Å². The number of nitrogens with one attached hydrogen (secondary N) is 1. The van der Waals surface area contributed by atoms with Gasteiger partial charge in [0.1, 0.15) is 17.2 Å². The fraction of sp³-hybridized carbons (Fsp3) is 0.316. The van der Waals surface area contributed by atoms with Crippen molar-refractivity contribution in [1.82, 2.24) is 10.2 Å². The molecule has 0 saturated heterocycles. The van der Waals surface area contributed by atoms with Gasteiger partial charge in [-0.3, -0.25) is 9.59 Å². The minimum Gasteiger partial charge on any atom is -0.507 e. The van der Waals surface area contributed by atoms with E-state index in [0.717, 1.165) is 22.3 Å². The van der Waals surface area contributed by atoms with Crippen LogP contribution in [0, 0.1) is 0 Å². The van der Waals surface area contributed by atoms with Gasteiger partial charge in [0.25, 0.3) is 5.91 Å². The van der Waals surface area contributed by atoms with E-state index in [4.69, 9.17) is 28.4 Å². The Morgan fingerprint density at radius 1 is 0.898 bits per heavy atom. The quantitative estimate of drug-likeness (QED) is 0.250. The van der Waals surface area contributed by atoms with Crippen LogP contribution >= 0.6 is 0 Å². The summed E-state index contributed by atoms with van der Waals surface area (Å²) in [6.07, 6.45) is 1.86. The maximum absolute atomic E-state index is 14.1. The maximum Gasteiger partial charge on any atom is 0.255 e. The highest BCUT2D eigenvalue weighted by molar-refractivity contribution is 5.97. The van der Waals surface area contributed by atoms with Gasteiger partial charge in [-0.1, -0.05) is 12.1 Å². The Bertz CT molecular complexity index is 1830. The van der Waals surface area contributed by atoms with Gasteiger partial charge in [-0.15, -0.1) is 0 Å². The first kappa shape index (κ1) is 33.3. The number of fused-ring (bicyclic) bond motifs is 6. The molecule has 3 aliphatic heterocycles. The molecule has 11 heteroatoms. The predicted octanol–water partition coefficient (Wildman–Crippen LogP) is 5.84. The first-order chi connectivity index (χ1) is 23.8. The number of hydrogen-bond donors (Lipinski definition) is 2. The van der Waals surface area contributed by atoms with Gasteiger partial charge in [0.15, 0.2) is 23.0 Å². The summed E-state index contributed by atoms with van der Waals surface area (Å²) in [5.74, 6) is 3.12. The van der Waals surface area contributed by atoms with E-state index in [1.54, 1.807) is 34.5 Å². The Morgan fingerprint density at radius 3 is 2.37 bits per heavy atom. The van der Waals surface area contributed by atoms with Gasteiger partial charge in [0.2, 0.25) is 11.7 Å². The number of hydrogen-bond acceptors (Lipinski definition) is 9. The second kappa shape index (κ2) is 14.7. The fourth-order valence-corrected chi connectivity index (χ4v) is 6.39. The van der Waals surface area contributed by atoms with E-state index in [0.29, 0.717) is 79.2 Å². The molecule has 0 aromatic heterocycles. The molecule has 0 spiro atoms. The second-order valence-corrected chi connectivity index (χ2v) is 11.8. The fourth-order valence-electron chi connectivity index (χ4n) is 6.39. The largest absolute Gasteiger partial charge is 0.507 e. The molecule has 1 atom stereocenters. The average Bonchev–Trinajstić information content (AvgIpc) is 3.12. The molecule has 7 rings (SSSR count). The number of methoxy groups -OCH3 is 4. The van der Waals surface area contributed by atoms with Crippen LogP contribution in [0.3, 0.4) is 0 Å². The van der Waals surface area contributed by atoms with Gasteiger partial charge in [0.05, 0.1) is 46.7 Å². The van der Waals surface area contributed by atoms with Gasteiger partial charge in [-0.2, -0.15) is 0 Å². The number of aromatic hydroxyl groups is 1. The van der Waals surface area contributed by atoms with Gasteiger partial charge in [-0.25, -0.2) is 0 Å². The molecule has 4 aromatic carbocycles. The molecule has 0 aliphatic carbocycles. The molecule has 49 heavy (non-hydrogen) atoms. The molecule has 11 nitrogen and oxygen atoms in total. The number of rotatable bonds is 7. The zero-order valence-electron chi connectivity index (χ0n) is 28.0. The summed E-state index contributed by atoms with van der Waals surface area (Å²) in [7, 11) is 6.28. The van der Waals surface area contributed by atoms with Crippen LogP contribution in [0.2, 0.25) is 0 Å².